The van der Waals surface area contributed by atoms with E-state index >= 15 is 0 Å². The fourth-order valence-corrected chi connectivity index (χ4v) is 3.21. The Balaban J connectivity index is 1.49. The van der Waals surface area contributed by atoms with Crippen LogP contribution >= 0.6 is 0 Å². The molecule has 1 N–H and O–H groups in total. The zero-order valence-corrected chi connectivity index (χ0v) is 15.9. The lowest BCUT2D eigenvalue weighted by molar-refractivity contribution is -0.0352. The van der Waals surface area contributed by atoms with Gasteiger partial charge < -0.3 is 14.2 Å². The summed E-state index contributed by atoms with van der Waals surface area (Å²) < 4.78 is 16.9. The minimum absolute atomic E-state index is 0.0480. The quantitative estimate of drug-likeness (QED) is 0.785. The summed E-state index contributed by atoms with van der Waals surface area (Å²) >= 11 is 0. The molecule has 1 aliphatic heterocycles. The maximum absolute atomic E-state index is 5.92. The predicted octanol–water partition coefficient (Wildman–Crippen LogP) is 3.07. The van der Waals surface area contributed by atoms with Gasteiger partial charge in [-0.2, -0.15) is 5.10 Å². The highest BCUT2D eigenvalue weighted by Gasteiger charge is 2.24. The second-order valence-corrected chi connectivity index (χ2v) is 7.11. The number of methoxy groups -OCH3 is 1. The van der Waals surface area contributed by atoms with E-state index in [-0.39, 0.29) is 6.10 Å². The number of benzene rings is 1. The number of hydrogen-bond donors (Lipinski definition) is 1. The summed E-state index contributed by atoms with van der Waals surface area (Å²) in [5.74, 6) is 2.27. The van der Waals surface area contributed by atoms with Crippen molar-refractivity contribution >= 4 is 0 Å². The van der Waals surface area contributed by atoms with Crippen molar-refractivity contribution in [2.75, 3.05) is 40.0 Å². The molecule has 0 unspecified atom stereocenters. The first-order chi connectivity index (χ1) is 12.6. The molecule has 0 saturated carbocycles. The number of morpholine rings is 1. The van der Waals surface area contributed by atoms with Crippen molar-refractivity contribution in [1.82, 2.24) is 15.1 Å². The first-order valence-electron chi connectivity index (χ1n) is 9.29. The zero-order valence-electron chi connectivity index (χ0n) is 15.9. The SMILES string of the molecule is COc1cccc(OCCc2cc([C@H]3CN(CC(C)C)CCO3)n[nH]2)c1. The molecule has 0 bridgehead atoms. The molecule has 1 aliphatic rings. The monoisotopic (exact) mass is 359 g/mol. The lowest BCUT2D eigenvalue weighted by atomic mass is 10.1. The molecule has 1 saturated heterocycles. The van der Waals surface area contributed by atoms with Crippen molar-refractivity contribution < 1.29 is 14.2 Å². The van der Waals surface area contributed by atoms with E-state index in [9.17, 15) is 0 Å². The zero-order chi connectivity index (χ0) is 18.4. The van der Waals surface area contributed by atoms with E-state index in [1.165, 1.54) is 0 Å². The van der Waals surface area contributed by atoms with Crippen molar-refractivity contribution in [1.29, 1.82) is 0 Å². The third kappa shape index (κ3) is 5.22. The molecule has 0 amide bonds. The first-order valence-corrected chi connectivity index (χ1v) is 9.29. The summed E-state index contributed by atoms with van der Waals surface area (Å²) in [5, 5.41) is 7.57. The van der Waals surface area contributed by atoms with Crippen LogP contribution < -0.4 is 9.47 Å². The lowest BCUT2D eigenvalue weighted by Gasteiger charge is -2.33. The van der Waals surface area contributed by atoms with E-state index in [1.807, 2.05) is 24.3 Å². The number of rotatable bonds is 8. The largest absolute Gasteiger partial charge is 0.497 e. The average Bonchev–Trinajstić information content (AvgIpc) is 3.10. The van der Waals surface area contributed by atoms with Gasteiger partial charge in [-0.05, 0) is 24.1 Å². The highest BCUT2D eigenvalue weighted by atomic mass is 16.5. The molecule has 6 heteroatoms. The van der Waals surface area contributed by atoms with Gasteiger partial charge >= 0.3 is 0 Å². The van der Waals surface area contributed by atoms with Crippen LogP contribution in [0.25, 0.3) is 0 Å². The smallest absolute Gasteiger partial charge is 0.123 e. The van der Waals surface area contributed by atoms with Gasteiger partial charge in [0.25, 0.3) is 0 Å². The Bertz CT molecular complexity index is 686. The summed E-state index contributed by atoms with van der Waals surface area (Å²) in [6.07, 6.45) is 0.818. The standard InChI is InChI=1S/C20H29N3O3/c1-15(2)13-23-8-10-26-20(14-23)19-11-16(21-22-19)7-9-25-18-6-4-5-17(12-18)24-3/h4-6,11-12,15,20H,7-10,13-14H2,1-3H3,(H,21,22)/t20-/m1/s1. The van der Waals surface area contributed by atoms with Gasteiger partial charge in [0.1, 0.15) is 17.6 Å². The molecule has 3 rings (SSSR count). The second-order valence-electron chi connectivity index (χ2n) is 7.11. The van der Waals surface area contributed by atoms with E-state index in [4.69, 9.17) is 14.2 Å². The predicted molar refractivity (Wildman–Crippen MR) is 101 cm³/mol. The van der Waals surface area contributed by atoms with Crippen LogP contribution in [0.3, 0.4) is 0 Å². The molecule has 0 aliphatic carbocycles. The molecule has 2 aromatic rings. The topological polar surface area (TPSA) is 59.6 Å². The molecular formula is C20H29N3O3. The first kappa shape index (κ1) is 18.7. The molecule has 1 aromatic carbocycles. The van der Waals surface area contributed by atoms with Crippen molar-refractivity contribution in [3.8, 4) is 11.5 Å². The van der Waals surface area contributed by atoms with Gasteiger partial charge in [-0.1, -0.05) is 19.9 Å². The second kappa shape index (κ2) is 9.05. The number of nitrogens with one attached hydrogen (secondary N) is 1. The molecular weight excluding hydrogens is 330 g/mol. The van der Waals surface area contributed by atoms with Gasteiger partial charge in [0.2, 0.25) is 0 Å². The summed E-state index contributed by atoms with van der Waals surface area (Å²) in [7, 11) is 1.65. The minimum atomic E-state index is 0.0480. The normalized spacial score (nSPS) is 18.2. The fourth-order valence-electron chi connectivity index (χ4n) is 3.21. The Morgan fingerprint density at radius 3 is 2.96 bits per heavy atom. The van der Waals surface area contributed by atoms with E-state index in [0.717, 1.165) is 55.5 Å². The van der Waals surface area contributed by atoms with Crippen LogP contribution in [0.1, 0.15) is 31.3 Å². The Labute approximate surface area is 155 Å². The Morgan fingerprint density at radius 1 is 1.31 bits per heavy atom. The number of nitrogens with zero attached hydrogens (tertiary/aromatic N) is 2. The molecule has 1 aromatic heterocycles. The van der Waals surface area contributed by atoms with Crippen LogP contribution in [0.2, 0.25) is 0 Å². The molecule has 26 heavy (non-hydrogen) atoms. The molecule has 1 fully saturated rings. The van der Waals surface area contributed by atoms with E-state index < -0.39 is 0 Å². The minimum Gasteiger partial charge on any atom is -0.497 e. The van der Waals surface area contributed by atoms with E-state index in [1.54, 1.807) is 7.11 Å². The van der Waals surface area contributed by atoms with Crippen LogP contribution in [0.4, 0.5) is 0 Å². The molecule has 2 heterocycles. The summed E-state index contributed by atoms with van der Waals surface area (Å²) in [5.41, 5.74) is 2.04. The average molecular weight is 359 g/mol. The summed E-state index contributed by atoms with van der Waals surface area (Å²) in [4.78, 5) is 2.46. The third-order valence-corrected chi connectivity index (χ3v) is 4.44. The summed E-state index contributed by atoms with van der Waals surface area (Å²) in [6.45, 7) is 8.85. The number of hydrogen-bond acceptors (Lipinski definition) is 5. The lowest BCUT2D eigenvalue weighted by Crippen LogP contribution is -2.40. The Hall–Kier alpha value is -2.05. The maximum atomic E-state index is 5.92. The third-order valence-electron chi connectivity index (χ3n) is 4.44. The van der Waals surface area contributed by atoms with Gasteiger partial charge in [0, 0.05) is 37.8 Å². The van der Waals surface area contributed by atoms with E-state index in [2.05, 4.69) is 35.0 Å². The van der Waals surface area contributed by atoms with Crippen LogP contribution in [-0.4, -0.2) is 55.1 Å². The molecule has 1 atom stereocenters. The number of aromatic nitrogens is 2. The fraction of sp³-hybridized carbons (Fsp3) is 0.550. The van der Waals surface area contributed by atoms with Crippen LogP contribution in [0.15, 0.2) is 30.3 Å². The Morgan fingerprint density at radius 2 is 2.15 bits per heavy atom. The maximum Gasteiger partial charge on any atom is 0.123 e. The number of H-pyrrole nitrogens is 1. The Kier molecular flexibility index (Phi) is 6.52. The van der Waals surface area contributed by atoms with Crippen LogP contribution in [0, 0.1) is 5.92 Å². The molecule has 142 valence electrons. The highest BCUT2D eigenvalue weighted by Crippen LogP contribution is 2.22. The van der Waals surface area contributed by atoms with Crippen molar-refractivity contribution in [3.63, 3.8) is 0 Å². The molecule has 0 spiro atoms. The van der Waals surface area contributed by atoms with Crippen molar-refractivity contribution in [2.45, 2.75) is 26.4 Å². The molecule has 0 radical (unpaired) electrons. The number of ether oxygens (including phenoxy) is 3. The van der Waals surface area contributed by atoms with Gasteiger partial charge in [0.05, 0.1) is 26.0 Å². The summed E-state index contributed by atoms with van der Waals surface area (Å²) in [6, 6.07) is 9.74. The van der Waals surface area contributed by atoms with Crippen molar-refractivity contribution in [2.24, 2.45) is 5.92 Å². The van der Waals surface area contributed by atoms with Crippen molar-refractivity contribution in [3.05, 3.63) is 41.7 Å². The van der Waals surface area contributed by atoms with Gasteiger partial charge in [-0.3, -0.25) is 10.00 Å². The van der Waals surface area contributed by atoms with Gasteiger partial charge in [-0.25, -0.2) is 0 Å². The van der Waals surface area contributed by atoms with Gasteiger partial charge in [0.15, 0.2) is 0 Å². The highest BCUT2D eigenvalue weighted by molar-refractivity contribution is 5.32. The molecule has 6 nitrogen and oxygen atoms in total. The van der Waals surface area contributed by atoms with Crippen LogP contribution in [-0.2, 0) is 11.2 Å². The van der Waals surface area contributed by atoms with E-state index in [0.29, 0.717) is 12.5 Å². The van der Waals surface area contributed by atoms with Gasteiger partial charge in [-0.15, -0.1) is 0 Å². The van der Waals surface area contributed by atoms with Crippen LogP contribution in [0.5, 0.6) is 11.5 Å². The number of aromatic amines is 1.